The lowest BCUT2D eigenvalue weighted by Crippen LogP contribution is -2.45. The van der Waals surface area contributed by atoms with Crippen molar-refractivity contribution in [1.29, 1.82) is 0 Å². The van der Waals surface area contributed by atoms with Gasteiger partial charge in [0.25, 0.3) is 0 Å². The summed E-state index contributed by atoms with van der Waals surface area (Å²) in [6.07, 6.45) is 7.95. The van der Waals surface area contributed by atoms with E-state index < -0.39 is 0 Å². The molecule has 1 aromatic carbocycles. The van der Waals surface area contributed by atoms with E-state index in [1.807, 2.05) is 0 Å². The number of carbonyl (C=O) groups excluding carboxylic acids is 2. The molecule has 0 atom stereocenters. The average molecular weight is 298 g/mol. The molecule has 4 fully saturated rings. The van der Waals surface area contributed by atoms with Crippen molar-refractivity contribution in [2.75, 3.05) is 0 Å². The van der Waals surface area contributed by atoms with Crippen LogP contribution < -0.4 is 4.74 Å². The van der Waals surface area contributed by atoms with E-state index in [-0.39, 0.29) is 5.97 Å². The Morgan fingerprint density at radius 3 is 2.32 bits per heavy atom. The Bertz CT molecular complexity index is 564. The second-order valence-electron chi connectivity index (χ2n) is 7.43. The Morgan fingerprint density at radius 2 is 1.68 bits per heavy atom. The molecule has 4 aliphatic carbocycles. The molecule has 4 aliphatic rings. The van der Waals surface area contributed by atoms with Crippen LogP contribution >= 0.6 is 0 Å². The molecule has 5 rings (SSSR count). The Hall–Kier alpha value is -1.64. The Labute approximate surface area is 131 Å². The van der Waals surface area contributed by atoms with Crippen LogP contribution in [-0.2, 0) is 4.79 Å². The van der Waals surface area contributed by atoms with Gasteiger partial charge in [0.2, 0.25) is 0 Å². The second-order valence-corrected chi connectivity index (χ2v) is 7.43. The summed E-state index contributed by atoms with van der Waals surface area (Å²) in [6, 6.07) is 6.94. The molecule has 4 saturated carbocycles. The molecular formula is C19H22O3. The lowest BCUT2D eigenvalue weighted by atomic mass is 9.51. The van der Waals surface area contributed by atoms with E-state index in [2.05, 4.69) is 0 Å². The zero-order valence-electron chi connectivity index (χ0n) is 12.7. The summed E-state index contributed by atoms with van der Waals surface area (Å²) in [5.74, 6) is 4.02. The molecule has 116 valence electrons. The van der Waals surface area contributed by atoms with Crippen LogP contribution in [0, 0.1) is 29.6 Å². The highest BCUT2D eigenvalue weighted by Gasteiger charge is 2.48. The molecule has 0 unspecified atom stereocenters. The minimum absolute atomic E-state index is 0.174. The lowest BCUT2D eigenvalue weighted by Gasteiger charge is -2.54. The van der Waals surface area contributed by atoms with Crippen LogP contribution in [0.2, 0.25) is 0 Å². The number of aldehydes is 1. The molecule has 0 saturated heterocycles. The minimum Gasteiger partial charge on any atom is -0.426 e. The van der Waals surface area contributed by atoms with E-state index in [0.29, 0.717) is 23.7 Å². The standard InChI is InChI=1S/C19H22O3/c20-11-14-3-1-2-4-18(14)22-19(21)10-17-15-6-12-5-13(8-15)9-16(17)7-12/h1-4,11-13,15-17H,5-10H2. The molecule has 0 N–H and O–H groups in total. The van der Waals surface area contributed by atoms with E-state index in [4.69, 9.17) is 4.74 Å². The van der Waals surface area contributed by atoms with E-state index in [9.17, 15) is 9.59 Å². The maximum atomic E-state index is 12.3. The van der Waals surface area contributed by atoms with Crippen LogP contribution in [0.4, 0.5) is 0 Å². The van der Waals surface area contributed by atoms with Crippen molar-refractivity contribution in [2.24, 2.45) is 29.6 Å². The van der Waals surface area contributed by atoms with E-state index in [0.717, 1.165) is 30.0 Å². The highest BCUT2D eigenvalue weighted by Crippen LogP contribution is 2.57. The van der Waals surface area contributed by atoms with Gasteiger partial charge in [-0.3, -0.25) is 9.59 Å². The Balaban J connectivity index is 1.43. The SMILES string of the molecule is O=Cc1ccccc1OC(=O)CC1C2CC3CC(C2)CC1C3. The highest BCUT2D eigenvalue weighted by atomic mass is 16.5. The monoisotopic (exact) mass is 298 g/mol. The van der Waals surface area contributed by atoms with Gasteiger partial charge in [0, 0.05) is 6.42 Å². The van der Waals surface area contributed by atoms with E-state index >= 15 is 0 Å². The summed E-state index contributed by atoms with van der Waals surface area (Å²) < 4.78 is 5.47. The molecule has 3 heteroatoms. The molecule has 0 aromatic heterocycles. The van der Waals surface area contributed by atoms with Gasteiger partial charge in [-0.15, -0.1) is 0 Å². The van der Waals surface area contributed by atoms with Crippen molar-refractivity contribution in [3.63, 3.8) is 0 Å². The Morgan fingerprint density at radius 1 is 1.05 bits per heavy atom. The van der Waals surface area contributed by atoms with Gasteiger partial charge >= 0.3 is 5.97 Å². The molecule has 0 amide bonds. The normalized spacial score (nSPS) is 35.4. The summed E-state index contributed by atoms with van der Waals surface area (Å²) in [5, 5.41) is 0. The van der Waals surface area contributed by atoms with Crippen molar-refractivity contribution in [3.05, 3.63) is 29.8 Å². The molecule has 3 nitrogen and oxygen atoms in total. The Kier molecular flexibility index (Phi) is 3.51. The lowest BCUT2D eigenvalue weighted by molar-refractivity contribution is -0.139. The van der Waals surface area contributed by atoms with Gasteiger partial charge in [-0.2, -0.15) is 0 Å². The van der Waals surface area contributed by atoms with Gasteiger partial charge in [0.15, 0.2) is 6.29 Å². The molecule has 0 spiro atoms. The fourth-order valence-corrected chi connectivity index (χ4v) is 5.40. The van der Waals surface area contributed by atoms with Crippen molar-refractivity contribution in [3.8, 4) is 5.75 Å². The smallest absolute Gasteiger partial charge is 0.311 e. The predicted molar refractivity (Wildman–Crippen MR) is 82.6 cm³/mol. The number of hydrogen-bond acceptors (Lipinski definition) is 3. The van der Waals surface area contributed by atoms with Crippen molar-refractivity contribution < 1.29 is 14.3 Å². The van der Waals surface area contributed by atoms with Crippen molar-refractivity contribution in [1.82, 2.24) is 0 Å². The number of rotatable bonds is 4. The summed E-state index contributed by atoms with van der Waals surface area (Å²) in [5.41, 5.74) is 0.445. The molecule has 0 aliphatic heterocycles. The van der Waals surface area contributed by atoms with Crippen molar-refractivity contribution >= 4 is 12.3 Å². The van der Waals surface area contributed by atoms with Crippen LogP contribution in [0.3, 0.4) is 0 Å². The van der Waals surface area contributed by atoms with Gasteiger partial charge in [-0.05, 0) is 73.8 Å². The zero-order chi connectivity index (χ0) is 15.1. The maximum absolute atomic E-state index is 12.3. The number of esters is 1. The van der Waals surface area contributed by atoms with Gasteiger partial charge in [0.05, 0.1) is 5.56 Å². The van der Waals surface area contributed by atoms with Crippen molar-refractivity contribution in [2.45, 2.75) is 38.5 Å². The van der Waals surface area contributed by atoms with Gasteiger partial charge in [-0.1, -0.05) is 12.1 Å². The van der Waals surface area contributed by atoms with E-state index in [1.165, 1.54) is 32.1 Å². The third kappa shape index (κ3) is 2.47. The third-order valence-electron chi connectivity index (χ3n) is 6.09. The number of hydrogen-bond donors (Lipinski definition) is 0. The van der Waals surface area contributed by atoms with Crippen LogP contribution in [-0.4, -0.2) is 12.3 Å². The summed E-state index contributed by atoms with van der Waals surface area (Å²) in [6.45, 7) is 0. The number of para-hydroxylation sites is 1. The molecule has 0 heterocycles. The summed E-state index contributed by atoms with van der Waals surface area (Å²) in [4.78, 5) is 23.3. The van der Waals surface area contributed by atoms with Gasteiger partial charge in [-0.25, -0.2) is 0 Å². The minimum atomic E-state index is -0.174. The quantitative estimate of drug-likeness (QED) is 0.481. The number of ether oxygens (including phenoxy) is 1. The highest BCUT2D eigenvalue weighted by molar-refractivity contribution is 5.82. The third-order valence-corrected chi connectivity index (χ3v) is 6.09. The average Bonchev–Trinajstić information content (AvgIpc) is 2.51. The van der Waals surface area contributed by atoms with Crippen LogP contribution in [0.1, 0.15) is 48.9 Å². The fourth-order valence-electron chi connectivity index (χ4n) is 5.40. The first kappa shape index (κ1) is 14.0. The first-order chi connectivity index (χ1) is 10.7. The zero-order valence-corrected chi connectivity index (χ0v) is 12.7. The van der Waals surface area contributed by atoms with E-state index in [1.54, 1.807) is 24.3 Å². The number of carbonyl (C=O) groups is 2. The summed E-state index contributed by atoms with van der Waals surface area (Å²) in [7, 11) is 0. The first-order valence-corrected chi connectivity index (χ1v) is 8.48. The largest absolute Gasteiger partial charge is 0.426 e. The first-order valence-electron chi connectivity index (χ1n) is 8.48. The van der Waals surface area contributed by atoms with Crippen LogP contribution in [0.15, 0.2) is 24.3 Å². The van der Waals surface area contributed by atoms with Gasteiger partial charge in [0.1, 0.15) is 5.75 Å². The van der Waals surface area contributed by atoms with Gasteiger partial charge < -0.3 is 4.74 Å². The van der Waals surface area contributed by atoms with Crippen LogP contribution in [0.25, 0.3) is 0 Å². The summed E-state index contributed by atoms with van der Waals surface area (Å²) >= 11 is 0. The van der Waals surface area contributed by atoms with Crippen LogP contribution in [0.5, 0.6) is 5.75 Å². The molecule has 4 bridgehead atoms. The topological polar surface area (TPSA) is 43.4 Å². The number of benzene rings is 1. The second kappa shape index (κ2) is 5.53. The maximum Gasteiger partial charge on any atom is 0.311 e. The molecule has 22 heavy (non-hydrogen) atoms. The molecular weight excluding hydrogens is 276 g/mol. The fraction of sp³-hybridized carbons (Fsp3) is 0.579. The molecule has 0 radical (unpaired) electrons. The predicted octanol–water partition coefficient (Wildman–Crippen LogP) is 3.87. The molecule has 1 aromatic rings.